The summed E-state index contributed by atoms with van der Waals surface area (Å²) in [5, 5.41) is 15.6. The second kappa shape index (κ2) is 4.27. The van der Waals surface area contributed by atoms with Crippen molar-refractivity contribution in [3.63, 3.8) is 0 Å². The molecule has 0 bridgehead atoms. The predicted octanol–water partition coefficient (Wildman–Crippen LogP) is -1.77. The molecule has 2 heterocycles. The molecule has 1 atom stereocenters. The number of quaternary nitrogens is 1. The summed E-state index contributed by atoms with van der Waals surface area (Å²) in [5.74, 6) is 0. The number of fused-ring (bicyclic) bond motifs is 1. The Hall–Kier alpha value is -1.73. The number of rotatable bonds is 3. The van der Waals surface area contributed by atoms with Crippen LogP contribution in [0.2, 0.25) is 0 Å². The van der Waals surface area contributed by atoms with Gasteiger partial charge in [0.2, 0.25) is 5.52 Å². The molecule has 0 spiro atoms. The lowest BCUT2D eigenvalue weighted by Crippen LogP contribution is -3.08. The van der Waals surface area contributed by atoms with E-state index < -0.39 is 0 Å². The summed E-state index contributed by atoms with van der Waals surface area (Å²) in [6.45, 7) is 0. The topological polar surface area (TPSA) is 65.3 Å². The van der Waals surface area contributed by atoms with Crippen molar-refractivity contribution in [3.05, 3.63) is 23.5 Å². The fourth-order valence-electron chi connectivity index (χ4n) is 2.05. The molecule has 0 saturated carbocycles. The van der Waals surface area contributed by atoms with Crippen LogP contribution in [0, 0.1) is 5.21 Å². The highest BCUT2D eigenvalue weighted by Gasteiger charge is 2.28. The van der Waals surface area contributed by atoms with Crippen molar-refractivity contribution in [1.29, 1.82) is 0 Å². The van der Waals surface area contributed by atoms with E-state index in [0.29, 0.717) is 10.5 Å². The van der Waals surface area contributed by atoms with Gasteiger partial charge in [0.15, 0.2) is 0 Å². The summed E-state index contributed by atoms with van der Waals surface area (Å²) in [6, 6.07) is 3.65. The predicted molar refractivity (Wildman–Crippen MR) is 62.0 cm³/mol. The van der Waals surface area contributed by atoms with Crippen LogP contribution in [0.15, 0.2) is 18.3 Å². The van der Waals surface area contributed by atoms with Gasteiger partial charge < -0.3 is 5.21 Å². The Morgan fingerprint density at radius 3 is 2.76 bits per heavy atom. The first-order chi connectivity index (χ1) is 8.02. The molecule has 7 nitrogen and oxygen atoms in total. The first-order valence-electron chi connectivity index (χ1n) is 5.42. The number of nitrogens with one attached hydrogen (secondary N) is 1. The molecule has 2 rings (SSSR count). The normalized spacial score (nSPS) is 13.8. The van der Waals surface area contributed by atoms with Gasteiger partial charge in [0.1, 0.15) is 6.20 Å². The molecule has 0 radical (unpaired) electrons. The fraction of sp³-hybridized carbons (Fsp3) is 0.500. The largest absolute Gasteiger partial charge is 0.721 e. The number of nitrogens with zero attached hydrogens (tertiary/aromatic N) is 5. The van der Waals surface area contributed by atoms with Crippen molar-refractivity contribution in [1.82, 2.24) is 19.8 Å². The molecule has 2 aromatic rings. The maximum atomic E-state index is 11.6. The molecule has 92 valence electrons. The maximum Gasteiger partial charge on any atom is 0.324 e. The Balaban J connectivity index is 2.61. The summed E-state index contributed by atoms with van der Waals surface area (Å²) in [4.78, 5) is 7.77. The van der Waals surface area contributed by atoms with Crippen LogP contribution >= 0.6 is 0 Å². The second-order valence-corrected chi connectivity index (χ2v) is 4.47. The standard InChI is InChI=1S/C10H16N6O/c1-13(2)10(14(3)4)15-8-6-5-7-11-9(8)16(17)12-15/h5-7,10H,1-4H3/p+1. The molecule has 0 amide bonds. The van der Waals surface area contributed by atoms with Crippen LogP contribution in [0.25, 0.3) is 11.2 Å². The van der Waals surface area contributed by atoms with Crippen molar-refractivity contribution < 1.29 is 9.75 Å². The highest BCUT2D eigenvalue weighted by molar-refractivity contribution is 5.66. The third-order valence-corrected chi connectivity index (χ3v) is 2.61. The average Bonchev–Trinajstić information content (AvgIpc) is 2.56. The first-order valence-corrected chi connectivity index (χ1v) is 5.42. The lowest BCUT2D eigenvalue weighted by molar-refractivity contribution is -0.918. The van der Waals surface area contributed by atoms with Crippen LogP contribution in [0.5, 0.6) is 0 Å². The van der Waals surface area contributed by atoms with Crippen LogP contribution in [-0.4, -0.2) is 48.0 Å². The van der Waals surface area contributed by atoms with E-state index in [1.54, 1.807) is 16.9 Å². The van der Waals surface area contributed by atoms with Gasteiger partial charge in [-0.25, -0.2) is 4.90 Å². The van der Waals surface area contributed by atoms with Crippen molar-refractivity contribution >= 4 is 11.2 Å². The minimum atomic E-state index is -0.0445. The number of aromatic nitrogens is 4. The van der Waals surface area contributed by atoms with Gasteiger partial charge in [-0.3, -0.25) is 4.90 Å². The zero-order chi connectivity index (χ0) is 12.6. The van der Waals surface area contributed by atoms with Crippen molar-refractivity contribution in [3.8, 4) is 0 Å². The molecule has 0 aliphatic carbocycles. The van der Waals surface area contributed by atoms with E-state index in [9.17, 15) is 5.21 Å². The summed E-state index contributed by atoms with van der Waals surface area (Å²) in [5.41, 5.74) is 1.09. The van der Waals surface area contributed by atoms with Crippen LogP contribution in [-0.2, 0) is 0 Å². The first kappa shape index (κ1) is 11.7. The summed E-state index contributed by atoms with van der Waals surface area (Å²) in [7, 11) is 7.95. The van der Waals surface area contributed by atoms with E-state index in [0.717, 1.165) is 10.4 Å². The smallest absolute Gasteiger partial charge is 0.324 e. The van der Waals surface area contributed by atoms with Crippen molar-refractivity contribution in [2.24, 2.45) is 0 Å². The van der Waals surface area contributed by atoms with Gasteiger partial charge in [0.25, 0.3) is 6.29 Å². The molecule has 0 saturated heterocycles. The van der Waals surface area contributed by atoms with Gasteiger partial charge in [-0.1, -0.05) is 4.68 Å². The minimum absolute atomic E-state index is 0.0445. The Morgan fingerprint density at radius 1 is 1.47 bits per heavy atom. The third kappa shape index (κ3) is 1.94. The fourth-order valence-corrected chi connectivity index (χ4v) is 2.05. The highest BCUT2D eigenvalue weighted by Crippen LogP contribution is 2.09. The molecule has 0 aromatic carbocycles. The van der Waals surface area contributed by atoms with E-state index in [-0.39, 0.29) is 6.29 Å². The van der Waals surface area contributed by atoms with E-state index >= 15 is 0 Å². The number of hydrogen-bond donors (Lipinski definition) is 1. The zero-order valence-corrected chi connectivity index (χ0v) is 10.5. The monoisotopic (exact) mass is 237 g/mol. The SMILES string of the molecule is CN(C)C(n1n[n+]([O-])c2ncccc21)[NH+](C)C. The second-order valence-electron chi connectivity index (χ2n) is 4.47. The molecule has 0 aliphatic rings. The molecule has 17 heavy (non-hydrogen) atoms. The Morgan fingerprint density at radius 2 is 2.18 bits per heavy atom. The van der Waals surface area contributed by atoms with E-state index in [1.807, 2.05) is 39.2 Å². The molecule has 0 fully saturated rings. The molecule has 0 aliphatic heterocycles. The van der Waals surface area contributed by atoms with Crippen molar-refractivity contribution in [2.75, 3.05) is 28.2 Å². The molecular formula is C10H17N6O+. The molecule has 1 unspecified atom stereocenters. The van der Waals surface area contributed by atoms with Crippen molar-refractivity contribution in [2.45, 2.75) is 6.29 Å². The van der Waals surface area contributed by atoms with Gasteiger partial charge in [0.05, 0.1) is 14.1 Å². The van der Waals surface area contributed by atoms with Crippen LogP contribution in [0.1, 0.15) is 6.29 Å². The average molecular weight is 237 g/mol. The van der Waals surface area contributed by atoms with Gasteiger partial charge in [-0.05, 0) is 26.2 Å². The van der Waals surface area contributed by atoms with Crippen LogP contribution in [0.4, 0.5) is 0 Å². The van der Waals surface area contributed by atoms with Gasteiger partial charge in [0, 0.05) is 5.21 Å². The number of pyridine rings is 1. The summed E-state index contributed by atoms with van der Waals surface area (Å²) in [6.07, 6.45) is 1.55. The molecule has 2 aromatic heterocycles. The maximum absolute atomic E-state index is 11.6. The van der Waals surface area contributed by atoms with Gasteiger partial charge >= 0.3 is 5.65 Å². The lowest BCUT2D eigenvalue weighted by atomic mass is 10.4. The summed E-state index contributed by atoms with van der Waals surface area (Å²) >= 11 is 0. The highest BCUT2D eigenvalue weighted by atomic mass is 16.5. The van der Waals surface area contributed by atoms with Gasteiger partial charge in [-0.15, -0.1) is 9.83 Å². The molecular weight excluding hydrogens is 220 g/mol. The van der Waals surface area contributed by atoms with Gasteiger partial charge in [-0.2, -0.15) is 0 Å². The van der Waals surface area contributed by atoms with E-state index in [2.05, 4.69) is 10.2 Å². The van der Waals surface area contributed by atoms with Crippen LogP contribution in [0.3, 0.4) is 0 Å². The molecule has 1 N–H and O–H groups in total. The van der Waals surface area contributed by atoms with E-state index in [1.165, 1.54) is 0 Å². The third-order valence-electron chi connectivity index (χ3n) is 2.61. The van der Waals surface area contributed by atoms with Crippen LogP contribution < -0.4 is 9.75 Å². The Labute approximate surface area is 99.4 Å². The zero-order valence-electron chi connectivity index (χ0n) is 10.5. The van der Waals surface area contributed by atoms with E-state index in [4.69, 9.17) is 0 Å². The minimum Gasteiger partial charge on any atom is -0.721 e. The number of hydrogen-bond acceptors (Lipinski definition) is 4. The summed E-state index contributed by atoms with van der Waals surface area (Å²) < 4.78 is 1.70. The lowest BCUT2D eigenvalue weighted by Gasteiger charge is -2.23. The Kier molecular flexibility index (Phi) is 2.95. The Bertz CT molecular complexity index is 512. The quantitative estimate of drug-likeness (QED) is 0.390. The molecule has 7 heteroatoms.